The van der Waals surface area contributed by atoms with Crippen molar-refractivity contribution in [3.05, 3.63) is 54.1 Å². The van der Waals surface area contributed by atoms with Crippen molar-refractivity contribution >= 4 is 11.7 Å². The first kappa shape index (κ1) is 14.7. The zero-order valence-electron chi connectivity index (χ0n) is 11.8. The normalized spacial score (nSPS) is 13.2. The van der Waals surface area contributed by atoms with Crippen LogP contribution in [0.4, 0.5) is 5.69 Å². The third-order valence-corrected chi connectivity index (χ3v) is 3.32. The number of hydrogen-bond donors (Lipinski definition) is 3. The van der Waals surface area contributed by atoms with Crippen LogP contribution in [0.5, 0.6) is 11.5 Å². The van der Waals surface area contributed by atoms with Gasteiger partial charge in [0.1, 0.15) is 11.5 Å². The Bertz CT molecular complexity index is 656. The predicted molar refractivity (Wildman–Crippen MR) is 79.7 cm³/mol. The highest BCUT2D eigenvalue weighted by Crippen LogP contribution is 2.30. The highest BCUT2D eigenvalue weighted by Gasteiger charge is 2.35. The minimum atomic E-state index is -1.37. The van der Waals surface area contributed by atoms with E-state index in [9.17, 15) is 15.0 Å². The standard InChI is InChI=1S/C16H17NO4/c1-16(15(19)20,11-5-3-7-13(18)9-11)17-12-6-4-8-14(10-12)21-2/h3-10,17-18H,1-2H3,(H,19,20). The molecular formula is C16H17NO4. The van der Waals surface area contributed by atoms with Gasteiger partial charge in [-0.2, -0.15) is 0 Å². The molecule has 0 radical (unpaired) electrons. The van der Waals surface area contributed by atoms with E-state index in [0.29, 0.717) is 17.0 Å². The molecule has 1 unspecified atom stereocenters. The number of benzene rings is 2. The summed E-state index contributed by atoms with van der Waals surface area (Å²) in [4.78, 5) is 11.7. The summed E-state index contributed by atoms with van der Waals surface area (Å²) < 4.78 is 5.13. The maximum absolute atomic E-state index is 11.7. The van der Waals surface area contributed by atoms with Crippen molar-refractivity contribution in [2.24, 2.45) is 0 Å². The van der Waals surface area contributed by atoms with E-state index < -0.39 is 11.5 Å². The van der Waals surface area contributed by atoms with Crippen molar-refractivity contribution < 1.29 is 19.7 Å². The maximum atomic E-state index is 11.7. The highest BCUT2D eigenvalue weighted by molar-refractivity contribution is 5.84. The predicted octanol–water partition coefficient (Wildman–Crippen LogP) is 2.81. The lowest BCUT2D eigenvalue weighted by Gasteiger charge is -2.28. The van der Waals surface area contributed by atoms with Crippen LogP contribution in [0.2, 0.25) is 0 Å². The largest absolute Gasteiger partial charge is 0.508 e. The molecule has 0 bridgehead atoms. The molecule has 0 spiro atoms. The van der Waals surface area contributed by atoms with Gasteiger partial charge in [-0.1, -0.05) is 18.2 Å². The van der Waals surface area contributed by atoms with Gasteiger partial charge in [0.25, 0.3) is 0 Å². The molecule has 110 valence electrons. The van der Waals surface area contributed by atoms with E-state index in [0.717, 1.165) is 0 Å². The Hall–Kier alpha value is -2.69. The molecule has 3 N–H and O–H groups in total. The third-order valence-electron chi connectivity index (χ3n) is 3.32. The van der Waals surface area contributed by atoms with Crippen LogP contribution < -0.4 is 10.1 Å². The molecule has 5 heteroatoms. The summed E-state index contributed by atoms with van der Waals surface area (Å²) in [6.45, 7) is 1.55. The molecule has 2 aromatic rings. The second-order valence-corrected chi connectivity index (χ2v) is 4.84. The number of phenolic OH excluding ortho intramolecular Hbond substituents is 1. The van der Waals surface area contributed by atoms with Gasteiger partial charge in [0.15, 0.2) is 5.54 Å². The molecular weight excluding hydrogens is 270 g/mol. The molecule has 0 saturated carbocycles. The quantitative estimate of drug-likeness (QED) is 0.788. The molecule has 2 aromatic carbocycles. The number of aliphatic carboxylic acids is 1. The molecule has 0 aliphatic carbocycles. The molecule has 0 amide bonds. The number of carbonyl (C=O) groups is 1. The molecule has 5 nitrogen and oxygen atoms in total. The maximum Gasteiger partial charge on any atom is 0.333 e. The van der Waals surface area contributed by atoms with Crippen molar-refractivity contribution in [1.29, 1.82) is 0 Å². The Morgan fingerprint density at radius 1 is 1.19 bits per heavy atom. The highest BCUT2D eigenvalue weighted by atomic mass is 16.5. The van der Waals surface area contributed by atoms with E-state index >= 15 is 0 Å². The minimum Gasteiger partial charge on any atom is -0.508 e. The number of ether oxygens (including phenoxy) is 1. The topological polar surface area (TPSA) is 78.8 Å². The molecule has 0 aromatic heterocycles. The van der Waals surface area contributed by atoms with Crippen molar-refractivity contribution in [1.82, 2.24) is 0 Å². The van der Waals surface area contributed by atoms with Gasteiger partial charge >= 0.3 is 5.97 Å². The average Bonchev–Trinajstić information content (AvgIpc) is 2.47. The number of carboxylic acids is 1. The van der Waals surface area contributed by atoms with Crippen LogP contribution in [0.3, 0.4) is 0 Å². The third kappa shape index (κ3) is 3.08. The van der Waals surface area contributed by atoms with Crippen molar-refractivity contribution in [3.8, 4) is 11.5 Å². The summed E-state index contributed by atoms with van der Waals surface area (Å²) >= 11 is 0. The summed E-state index contributed by atoms with van der Waals surface area (Å²) in [6, 6.07) is 13.2. The van der Waals surface area contributed by atoms with Crippen LogP contribution in [-0.2, 0) is 10.3 Å². The molecule has 0 aliphatic rings. The Morgan fingerprint density at radius 2 is 1.90 bits per heavy atom. The Kier molecular flexibility index (Phi) is 4.03. The summed E-state index contributed by atoms with van der Waals surface area (Å²) in [5, 5.41) is 22.1. The first-order chi connectivity index (χ1) is 9.95. The van der Waals surface area contributed by atoms with E-state index in [1.54, 1.807) is 50.4 Å². The van der Waals surface area contributed by atoms with Crippen LogP contribution in [0.25, 0.3) is 0 Å². The van der Waals surface area contributed by atoms with Gasteiger partial charge in [-0.05, 0) is 36.8 Å². The van der Waals surface area contributed by atoms with Crippen LogP contribution in [0.15, 0.2) is 48.5 Å². The van der Waals surface area contributed by atoms with Crippen molar-refractivity contribution in [3.63, 3.8) is 0 Å². The summed E-state index contributed by atoms with van der Waals surface area (Å²) in [5.74, 6) is -0.396. The lowest BCUT2D eigenvalue weighted by atomic mass is 9.91. The fourth-order valence-corrected chi connectivity index (χ4v) is 2.06. The zero-order valence-corrected chi connectivity index (χ0v) is 11.8. The van der Waals surface area contributed by atoms with Crippen molar-refractivity contribution in [2.75, 3.05) is 12.4 Å². The monoisotopic (exact) mass is 287 g/mol. The molecule has 0 aliphatic heterocycles. The van der Waals surface area contributed by atoms with E-state index in [1.807, 2.05) is 0 Å². The first-order valence-electron chi connectivity index (χ1n) is 6.41. The molecule has 0 heterocycles. The summed E-state index contributed by atoms with van der Waals surface area (Å²) in [5.41, 5.74) is -0.300. The van der Waals surface area contributed by atoms with Gasteiger partial charge < -0.3 is 20.3 Å². The smallest absolute Gasteiger partial charge is 0.333 e. The van der Waals surface area contributed by atoms with E-state index in [2.05, 4.69) is 5.32 Å². The number of carboxylic acid groups (broad SMARTS) is 1. The summed E-state index contributed by atoms with van der Waals surface area (Å²) in [7, 11) is 1.55. The second kappa shape index (κ2) is 5.75. The number of nitrogens with one attached hydrogen (secondary N) is 1. The fourth-order valence-electron chi connectivity index (χ4n) is 2.06. The molecule has 21 heavy (non-hydrogen) atoms. The van der Waals surface area contributed by atoms with E-state index in [4.69, 9.17) is 4.74 Å². The van der Waals surface area contributed by atoms with Crippen molar-refractivity contribution in [2.45, 2.75) is 12.5 Å². The van der Waals surface area contributed by atoms with Gasteiger partial charge in [0, 0.05) is 11.8 Å². The van der Waals surface area contributed by atoms with Crippen LogP contribution in [-0.4, -0.2) is 23.3 Å². The van der Waals surface area contributed by atoms with Gasteiger partial charge in [0.2, 0.25) is 0 Å². The molecule has 0 saturated heterocycles. The van der Waals surface area contributed by atoms with Crippen LogP contribution >= 0.6 is 0 Å². The summed E-state index contributed by atoms with van der Waals surface area (Å²) in [6.07, 6.45) is 0. The average molecular weight is 287 g/mol. The number of methoxy groups -OCH3 is 1. The Labute approximate surface area is 122 Å². The molecule has 1 atom stereocenters. The number of aromatic hydroxyl groups is 1. The Morgan fingerprint density at radius 3 is 2.52 bits per heavy atom. The zero-order chi connectivity index (χ0) is 15.5. The van der Waals surface area contributed by atoms with Crippen LogP contribution in [0, 0.1) is 0 Å². The number of anilines is 1. The van der Waals surface area contributed by atoms with Gasteiger partial charge in [-0.15, -0.1) is 0 Å². The van der Waals surface area contributed by atoms with Crippen LogP contribution in [0.1, 0.15) is 12.5 Å². The van der Waals surface area contributed by atoms with Gasteiger partial charge in [-0.25, -0.2) is 4.79 Å². The number of rotatable bonds is 5. The molecule has 0 fully saturated rings. The number of hydrogen-bond acceptors (Lipinski definition) is 4. The first-order valence-corrected chi connectivity index (χ1v) is 6.41. The second-order valence-electron chi connectivity index (χ2n) is 4.84. The SMILES string of the molecule is COc1cccc(NC(C)(C(=O)O)c2cccc(O)c2)c1. The fraction of sp³-hybridized carbons (Fsp3) is 0.188. The van der Waals surface area contributed by atoms with Gasteiger partial charge in [0.05, 0.1) is 7.11 Å². The molecule has 2 rings (SSSR count). The van der Waals surface area contributed by atoms with Gasteiger partial charge in [-0.3, -0.25) is 0 Å². The Balaban J connectivity index is 2.40. The number of phenols is 1. The minimum absolute atomic E-state index is 0.0208. The van der Waals surface area contributed by atoms with E-state index in [-0.39, 0.29) is 5.75 Å². The van der Waals surface area contributed by atoms with E-state index in [1.165, 1.54) is 12.1 Å². The lowest BCUT2D eigenvalue weighted by molar-refractivity contribution is -0.142. The lowest BCUT2D eigenvalue weighted by Crippen LogP contribution is -2.40.